The predicted molar refractivity (Wildman–Crippen MR) is 104 cm³/mol. The van der Waals surface area contributed by atoms with Gasteiger partial charge in [-0.1, -0.05) is 47.8 Å². The fourth-order valence-corrected chi connectivity index (χ4v) is 3.18. The summed E-state index contributed by atoms with van der Waals surface area (Å²) in [6.45, 7) is 3.75. The molecule has 0 aromatic heterocycles. The topological polar surface area (TPSA) is 50.8 Å². The van der Waals surface area contributed by atoms with Crippen LogP contribution >= 0.6 is 34.8 Å². The van der Waals surface area contributed by atoms with E-state index in [0.717, 1.165) is 17.1 Å². The van der Waals surface area contributed by atoms with Gasteiger partial charge in [-0.15, -0.1) is 0 Å². The minimum absolute atomic E-state index is 0.187. The molecule has 1 heterocycles. The number of carbonyl (C=O) groups excluding carboxylic acids is 1. The minimum atomic E-state index is -0.187. The SMILES string of the molecule is CCN(CC(=O)Nc1cc(Cl)c(Cl)cc1Cl)Cc1ccc2c(c1)OCO2. The number of hydrogen-bond donors (Lipinski definition) is 1. The van der Waals surface area contributed by atoms with Crippen LogP contribution in [0.4, 0.5) is 5.69 Å². The number of anilines is 1. The van der Waals surface area contributed by atoms with Crippen molar-refractivity contribution >= 4 is 46.4 Å². The van der Waals surface area contributed by atoms with Crippen LogP contribution in [0.2, 0.25) is 15.1 Å². The van der Waals surface area contributed by atoms with Crippen LogP contribution in [0.25, 0.3) is 0 Å². The molecule has 1 amide bonds. The third kappa shape index (κ3) is 4.54. The second kappa shape index (κ2) is 8.35. The summed E-state index contributed by atoms with van der Waals surface area (Å²) in [4.78, 5) is 14.4. The normalized spacial score (nSPS) is 12.5. The predicted octanol–water partition coefficient (Wildman–Crippen LogP) is 4.84. The zero-order valence-electron chi connectivity index (χ0n) is 14.0. The molecule has 0 radical (unpaired) electrons. The van der Waals surface area contributed by atoms with E-state index >= 15 is 0 Å². The lowest BCUT2D eigenvalue weighted by Crippen LogP contribution is -2.32. The van der Waals surface area contributed by atoms with Crippen LogP contribution in [0.1, 0.15) is 12.5 Å². The van der Waals surface area contributed by atoms with Crippen LogP contribution < -0.4 is 14.8 Å². The van der Waals surface area contributed by atoms with Crippen molar-refractivity contribution in [2.75, 3.05) is 25.2 Å². The number of ether oxygens (including phenoxy) is 2. The van der Waals surface area contributed by atoms with Crippen LogP contribution in [0, 0.1) is 0 Å². The first-order chi connectivity index (χ1) is 12.5. The van der Waals surface area contributed by atoms with E-state index in [1.54, 1.807) is 0 Å². The molecule has 0 aliphatic carbocycles. The van der Waals surface area contributed by atoms with Gasteiger partial charge >= 0.3 is 0 Å². The van der Waals surface area contributed by atoms with E-state index in [9.17, 15) is 4.79 Å². The molecule has 5 nitrogen and oxygen atoms in total. The molecule has 138 valence electrons. The van der Waals surface area contributed by atoms with Crippen molar-refractivity contribution in [2.45, 2.75) is 13.5 Å². The highest BCUT2D eigenvalue weighted by Crippen LogP contribution is 2.33. The maximum atomic E-state index is 12.4. The van der Waals surface area contributed by atoms with E-state index in [4.69, 9.17) is 44.3 Å². The van der Waals surface area contributed by atoms with E-state index in [2.05, 4.69) is 5.32 Å². The van der Waals surface area contributed by atoms with E-state index in [1.807, 2.05) is 30.0 Å². The summed E-state index contributed by atoms with van der Waals surface area (Å²) in [5, 5.41) is 3.78. The van der Waals surface area contributed by atoms with Crippen molar-refractivity contribution in [3.05, 3.63) is 51.0 Å². The zero-order chi connectivity index (χ0) is 18.7. The Balaban J connectivity index is 1.62. The van der Waals surface area contributed by atoms with Crippen molar-refractivity contribution in [3.8, 4) is 11.5 Å². The van der Waals surface area contributed by atoms with E-state index < -0.39 is 0 Å². The van der Waals surface area contributed by atoms with Crippen molar-refractivity contribution in [1.29, 1.82) is 0 Å². The average molecular weight is 416 g/mol. The molecule has 0 unspecified atom stereocenters. The number of fused-ring (bicyclic) bond motifs is 1. The van der Waals surface area contributed by atoms with Gasteiger partial charge in [0.1, 0.15) is 0 Å². The fraction of sp³-hybridized carbons (Fsp3) is 0.278. The monoisotopic (exact) mass is 414 g/mol. The molecule has 26 heavy (non-hydrogen) atoms. The number of carbonyl (C=O) groups is 1. The number of rotatable bonds is 6. The van der Waals surface area contributed by atoms with Crippen LogP contribution in [-0.2, 0) is 11.3 Å². The molecule has 0 saturated carbocycles. The van der Waals surface area contributed by atoms with Gasteiger partial charge in [-0.05, 0) is 36.4 Å². The molecule has 3 rings (SSSR count). The molecule has 0 saturated heterocycles. The summed E-state index contributed by atoms with van der Waals surface area (Å²) in [5.41, 5.74) is 1.47. The van der Waals surface area contributed by atoms with Gasteiger partial charge in [-0.25, -0.2) is 0 Å². The van der Waals surface area contributed by atoms with Crippen LogP contribution in [0.15, 0.2) is 30.3 Å². The number of nitrogens with zero attached hydrogens (tertiary/aromatic N) is 1. The first kappa shape index (κ1) is 19.1. The second-order valence-electron chi connectivity index (χ2n) is 5.79. The Hall–Kier alpha value is -1.66. The Morgan fingerprint density at radius 2 is 1.81 bits per heavy atom. The van der Waals surface area contributed by atoms with Gasteiger partial charge in [0.15, 0.2) is 11.5 Å². The Morgan fingerprint density at radius 1 is 1.08 bits per heavy atom. The molecule has 1 N–H and O–H groups in total. The number of amides is 1. The van der Waals surface area contributed by atoms with Gasteiger partial charge in [0.05, 0.1) is 27.3 Å². The standard InChI is InChI=1S/C18H17Cl3N2O3/c1-2-23(8-11-3-4-16-17(5-11)26-10-25-16)9-18(24)22-15-7-13(20)12(19)6-14(15)21/h3-7H,2,8-10H2,1H3,(H,22,24). The summed E-state index contributed by atoms with van der Waals surface area (Å²) in [7, 11) is 0. The van der Waals surface area contributed by atoms with E-state index in [-0.39, 0.29) is 19.2 Å². The molecule has 8 heteroatoms. The quantitative estimate of drug-likeness (QED) is 0.686. The van der Waals surface area contributed by atoms with E-state index in [0.29, 0.717) is 33.8 Å². The van der Waals surface area contributed by atoms with Crippen molar-refractivity contribution < 1.29 is 14.3 Å². The highest BCUT2D eigenvalue weighted by Gasteiger charge is 2.16. The molecule has 0 bridgehead atoms. The first-order valence-corrected chi connectivity index (χ1v) is 9.15. The molecule has 0 fully saturated rings. The molecular formula is C18H17Cl3N2O3. The zero-order valence-corrected chi connectivity index (χ0v) is 16.3. The van der Waals surface area contributed by atoms with Crippen molar-refractivity contribution in [1.82, 2.24) is 4.90 Å². The highest BCUT2D eigenvalue weighted by atomic mass is 35.5. The van der Waals surface area contributed by atoms with Crippen molar-refractivity contribution in [3.63, 3.8) is 0 Å². The Morgan fingerprint density at radius 3 is 2.58 bits per heavy atom. The van der Waals surface area contributed by atoms with Gasteiger partial charge in [0.2, 0.25) is 12.7 Å². The van der Waals surface area contributed by atoms with Crippen LogP contribution in [0.3, 0.4) is 0 Å². The van der Waals surface area contributed by atoms with E-state index in [1.165, 1.54) is 12.1 Å². The summed E-state index contributed by atoms with van der Waals surface area (Å²) in [6.07, 6.45) is 0. The van der Waals surface area contributed by atoms with Gasteiger partial charge < -0.3 is 14.8 Å². The van der Waals surface area contributed by atoms with Crippen LogP contribution in [0.5, 0.6) is 11.5 Å². The third-order valence-electron chi connectivity index (χ3n) is 3.94. The summed E-state index contributed by atoms with van der Waals surface area (Å²) in [6, 6.07) is 8.81. The van der Waals surface area contributed by atoms with Gasteiger partial charge in [-0.2, -0.15) is 0 Å². The summed E-state index contributed by atoms with van der Waals surface area (Å²) >= 11 is 18.0. The van der Waals surface area contributed by atoms with Crippen LogP contribution in [-0.4, -0.2) is 30.7 Å². The highest BCUT2D eigenvalue weighted by molar-refractivity contribution is 6.44. The summed E-state index contributed by atoms with van der Waals surface area (Å²) in [5.74, 6) is 1.28. The fourth-order valence-electron chi connectivity index (χ4n) is 2.59. The lowest BCUT2D eigenvalue weighted by Gasteiger charge is -2.20. The summed E-state index contributed by atoms with van der Waals surface area (Å²) < 4.78 is 10.7. The number of likely N-dealkylation sites (N-methyl/N-ethyl adjacent to an activating group) is 1. The number of halogens is 3. The number of benzene rings is 2. The lowest BCUT2D eigenvalue weighted by atomic mass is 10.2. The van der Waals surface area contributed by atoms with Crippen molar-refractivity contribution in [2.24, 2.45) is 0 Å². The lowest BCUT2D eigenvalue weighted by molar-refractivity contribution is -0.117. The maximum absolute atomic E-state index is 12.4. The maximum Gasteiger partial charge on any atom is 0.238 e. The van der Waals surface area contributed by atoms with Gasteiger partial charge in [0, 0.05) is 6.54 Å². The molecule has 1 aliphatic rings. The molecule has 0 spiro atoms. The minimum Gasteiger partial charge on any atom is -0.454 e. The number of hydrogen-bond acceptors (Lipinski definition) is 4. The smallest absolute Gasteiger partial charge is 0.238 e. The van der Waals surface area contributed by atoms with Gasteiger partial charge in [-0.3, -0.25) is 9.69 Å². The second-order valence-corrected chi connectivity index (χ2v) is 7.01. The Kier molecular flexibility index (Phi) is 6.14. The molecule has 2 aromatic carbocycles. The molecule has 2 aromatic rings. The van der Waals surface area contributed by atoms with Gasteiger partial charge in [0.25, 0.3) is 0 Å². The largest absolute Gasteiger partial charge is 0.454 e. The third-order valence-corrected chi connectivity index (χ3v) is 4.98. The molecular weight excluding hydrogens is 399 g/mol. The number of nitrogens with one attached hydrogen (secondary N) is 1. The average Bonchev–Trinajstić information content (AvgIpc) is 3.06. The Bertz CT molecular complexity index is 830. The Labute approximate surface area is 166 Å². The first-order valence-electron chi connectivity index (χ1n) is 8.01. The molecule has 1 aliphatic heterocycles. The molecule has 0 atom stereocenters.